The van der Waals surface area contributed by atoms with Gasteiger partial charge in [-0.05, 0) is 54.5 Å². The van der Waals surface area contributed by atoms with E-state index in [0.29, 0.717) is 5.02 Å². The summed E-state index contributed by atoms with van der Waals surface area (Å²) in [6.07, 6.45) is 2.29. The van der Waals surface area contributed by atoms with Crippen molar-refractivity contribution in [1.82, 2.24) is 9.80 Å². The number of piperazine rings is 1. The fourth-order valence-corrected chi connectivity index (χ4v) is 3.27. The first-order chi connectivity index (χ1) is 13.1. The molecule has 1 saturated heterocycles. The van der Waals surface area contributed by atoms with Gasteiger partial charge in [0.05, 0.1) is 6.61 Å². The van der Waals surface area contributed by atoms with Gasteiger partial charge < -0.3 is 9.84 Å². The molecule has 27 heavy (non-hydrogen) atoms. The number of hydrogen-bond acceptors (Lipinski definition) is 4. The molecule has 0 unspecified atom stereocenters. The van der Waals surface area contributed by atoms with Gasteiger partial charge in [-0.3, -0.25) is 9.80 Å². The van der Waals surface area contributed by atoms with Gasteiger partial charge in [-0.25, -0.2) is 0 Å². The molecule has 0 amide bonds. The van der Waals surface area contributed by atoms with E-state index in [1.807, 2.05) is 36.4 Å². The van der Waals surface area contributed by atoms with Crippen LogP contribution in [0.2, 0.25) is 5.02 Å². The number of nitrogens with zero attached hydrogens (tertiary/aromatic N) is 2. The van der Waals surface area contributed by atoms with Crippen molar-refractivity contribution in [2.24, 2.45) is 0 Å². The minimum Gasteiger partial charge on any atom is -0.457 e. The number of benzene rings is 2. The second-order valence-corrected chi connectivity index (χ2v) is 7.27. The number of ether oxygens (including phenoxy) is 1. The molecule has 4 nitrogen and oxygen atoms in total. The van der Waals surface area contributed by atoms with Crippen LogP contribution < -0.4 is 4.74 Å². The Labute approximate surface area is 166 Å². The summed E-state index contributed by atoms with van der Waals surface area (Å²) in [5.41, 5.74) is 2.48. The number of aliphatic hydroxyl groups is 1. The summed E-state index contributed by atoms with van der Waals surface area (Å²) >= 11 is 5.90. The molecule has 2 aromatic rings. The van der Waals surface area contributed by atoms with Crippen LogP contribution in [-0.4, -0.2) is 60.8 Å². The van der Waals surface area contributed by atoms with Crippen LogP contribution >= 0.6 is 11.6 Å². The Morgan fingerprint density at radius 2 is 1.52 bits per heavy atom. The van der Waals surface area contributed by atoms with E-state index in [-0.39, 0.29) is 6.61 Å². The van der Waals surface area contributed by atoms with Crippen LogP contribution in [0.4, 0.5) is 0 Å². The molecule has 0 saturated carbocycles. The minimum absolute atomic E-state index is 0.247. The van der Waals surface area contributed by atoms with E-state index in [0.717, 1.165) is 50.8 Å². The third kappa shape index (κ3) is 6.08. The number of allylic oxidation sites excluding steroid dienone is 1. The lowest BCUT2D eigenvalue weighted by molar-refractivity contribution is 0.120. The van der Waals surface area contributed by atoms with E-state index >= 15 is 0 Å². The summed E-state index contributed by atoms with van der Waals surface area (Å²) in [4.78, 5) is 4.77. The zero-order valence-corrected chi connectivity index (χ0v) is 16.5. The van der Waals surface area contributed by atoms with E-state index in [9.17, 15) is 0 Å². The van der Waals surface area contributed by atoms with E-state index in [4.69, 9.17) is 21.4 Å². The van der Waals surface area contributed by atoms with Crippen LogP contribution in [-0.2, 0) is 0 Å². The van der Waals surface area contributed by atoms with E-state index in [2.05, 4.69) is 34.9 Å². The lowest BCUT2D eigenvalue weighted by Gasteiger charge is -2.33. The van der Waals surface area contributed by atoms with Gasteiger partial charge >= 0.3 is 0 Å². The van der Waals surface area contributed by atoms with Gasteiger partial charge in [-0.2, -0.15) is 0 Å². The van der Waals surface area contributed by atoms with Gasteiger partial charge in [-0.1, -0.05) is 29.8 Å². The molecular formula is C22H27ClN2O2. The van der Waals surface area contributed by atoms with Gasteiger partial charge in [-0.15, -0.1) is 0 Å². The minimum atomic E-state index is 0.247. The monoisotopic (exact) mass is 386 g/mol. The second-order valence-electron chi connectivity index (χ2n) is 6.83. The lowest BCUT2D eigenvalue weighted by Crippen LogP contribution is -2.47. The molecule has 0 radical (unpaired) electrons. The highest BCUT2D eigenvalue weighted by Gasteiger charge is 2.15. The Hall–Kier alpha value is -1.85. The number of halogens is 1. The predicted molar refractivity (Wildman–Crippen MR) is 112 cm³/mol. The van der Waals surface area contributed by atoms with Crippen molar-refractivity contribution >= 4 is 17.2 Å². The Bertz CT molecular complexity index is 736. The van der Waals surface area contributed by atoms with E-state index in [1.54, 1.807) is 0 Å². The third-order valence-electron chi connectivity index (χ3n) is 4.90. The first-order valence-electron chi connectivity index (χ1n) is 9.40. The molecule has 1 N–H and O–H groups in total. The largest absolute Gasteiger partial charge is 0.457 e. The highest BCUT2D eigenvalue weighted by atomic mass is 35.5. The summed E-state index contributed by atoms with van der Waals surface area (Å²) in [6, 6.07) is 15.5. The molecule has 1 fully saturated rings. The van der Waals surface area contributed by atoms with Crippen molar-refractivity contribution in [2.45, 2.75) is 6.92 Å². The van der Waals surface area contributed by atoms with Gasteiger partial charge in [0.15, 0.2) is 0 Å². The Morgan fingerprint density at radius 3 is 2.11 bits per heavy atom. The predicted octanol–water partition coefficient (Wildman–Crippen LogP) is 4.15. The normalized spacial score (nSPS) is 16.5. The zero-order valence-electron chi connectivity index (χ0n) is 15.8. The molecule has 0 spiro atoms. The summed E-state index contributed by atoms with van der Waals surface area (Å²) < 4.78 is 5.84. The van der Waals surface area contributed by atoms with Crippen LogP contribution in [0.25, 0.3) is 5.57 Å². The van der Waals surface area contributed by atoms with Crippen LogP contribution in [0.15, 0.2) is 54.6 Å². The molecule has 2 aromatic carbocycles. The van der Waals surface area contributed by atoms with Crippen LogP contribution in [0.3, 0.4) is 0 Å². The Balaban J connectivity index is 1.51. The van der Waals surface area contributed by atoms with E-state index in [1.165, 1.54) is 11.1 Å². The van der Waals surface area contributed by atoms with Gasteiger partial charge in [0, 0.05) is 44.3 Å². The molecule has 0 aliphatic carbocycles. The second kappa shape index (κ2) is 9.90. The number of hydrogen-bond donors (Lipinski definition) is 1. The highest BCUT2D eigenvalue weighted by Crippen LogP contribution is 2.25. The quantitative estimate of drug-likeness (QED) is 0.775. The molecule has 1 aliphatic rings. The molecule has 1 heterocycles. The molecular weight excluding hydrogens is 360 g/mol. The SMILES string of the molecule is CC(=CCN1CCN(CCO)CC1)c1ccc(Oc2ccc(Cl)cc2)cc1. The van der Waals surface area contributed by atoms with Crippen LogP contribution in [0.1, 0.15) is 12.5 Å². The molecule has 1 aliphatic heterocycles. The lowest BCUT2D eigenvalue weighted by atomic mass is 10.1. The summed E-state index contributed by atoms with van der Waals surface area (Å²) in [5.74, 6) is 1.59. The third-order valence-corrected chi connectivity index (χ3v) is 5.15. The zero-order chi connectivity index (χ0) is 19.1. The fraction of sp³-hybridized carbons (Fsp3) is 0.364. The van der Waals surface area contributed by atoms with Gasteiger partial charge in [0.2, 0.25) is 0 Å². The number of aliphatic hydroxyl groups excluding tert-OH is 1. The summed E-state index contributed by atoms with van der Waals surface area (Å²) in [5, 5.41) is 9.72. The van der Waals surface area contributed by atoms with Gasteiger partial charge in [0.1, 0.15) is 11.5 Å². The average molecular weight is 387 g/mol. The van der Waals surface area contributed by atoms with Crippen molar-refractivity contribution in [1.29, 1.82) is 0 Å². The molecule has 0 aromatic heterocycles. The van der Waals surface area contributed by atoms with Crippen molar-refractivity contribution in [3.8, 4) is 11.5 Å². The molecule has 5 heteroatoms. The van der Waals surface area contributed by atoms with Crippen molar-refractivity contribution in [3.05, 3.63) is 65.2 Å². The fourth-order valence-electron chi connectivity index (χ4n) is 3.15. The Kier molecular flexibility index (Phi) is 7.30. The van der Waals surface area contributed by atoms with E-state index < -0.39 is 0 Å². The smallest absolute Gasteiger partial charge is 0.127 e. The summed E-state index contributed by atoms with van der Waals surface area (Å²) in [6.45, 7) is 8.31. The van der Waals surface area contributed by atoms with Crippen molar-refractivity contribution in [3.63, 3.8) is 0 Å². The molecule has 0 atom stereocenters. The van der Waals surface area contributed by atoms with Crippen LogP contribution in [0.5, 0.6) is 11.5 Å². The Morgan fingerprint density at radius 1 is 0.963 bits per heavy atom. The maximum Gasteiger partial charge on any atom is 0.127 e. The first-order valence-corrected chi connectivity index (χ1v) is 9.78. The first kappa shape index (κ1) is 19.9. The maximum atomic E-state index is 9.02. The summed E-state index contributed by atoms with van der Waals surface area (Å²) in [7, 11) is 0. The number of β-amino-alcohol motifs (C(OH)–C–C–N with tert-alkyl or cyclic N) is 1. The average Bonchev–Trinajstić information content (AvgIpc) is 2.70. The van der Waals surface area contributed by atoms with Crippen LogP contribution in [0, 0.1) is 0 Å². The molecule has 144 valence electrons. The highest BCUT2D eigenvalue weighted by molar-refractivity contribution is 6.30. The molecule has 0 bridgehead atoms. The standard InChI is InChI=1S/C22H27ClN2O2/c1-18(10-11-24-12-14-25(15-13-24)16-17-26)19-2-6-21(7-3-19)27-22-8-4-20(23)5-9-22/h2-10,26H,11-17H2,1H3. The maximum absolute atomic E-state index is 9.02. The molecule has 3 rings (SSSR count). The van der Waals surface area contributed by atoms with Crippen molar-refractivity contribution in [2.75, 3.05) is 45.9 Å². The van der Waals surface area contributed by atoms with Crippen molar-refractivity contribution < 1.29 is 9.84 Å². The number of rotatable bonds is 7. The topological polar surface area (TPSA) is 35.9 Å². The van der Waals surface area contributed by atoms with Gasteiger partial charge in [0.25, 0.3) is 0 Å².